The number of sulfone groups is 1. The Morgan fingerprint density at radius 2 is 1.61 bits per heavy atom. The molecule has 0 radical (unpaired) electrons. The van der Waals surface area contributed by atoms with E-state index in [2.05, 4.69) is 12.7 Å². The zero-order valence-corrected chi connectivity index (χ0v) is 14.2. The minimum atomic E-state index is -3.45. The van der Waals surface area contributed by atoms with Gasteiger partial charge >= 0.3 is 0 Å². The monoisotopic (exact) mass is 326 g/mol. The van der Waals surface area contributed by atoms with E-state index in [4.69, 9.17) is 0 Å². The number of hydrogen-bond acceptors (Lipinski definition) is 2. The number of benzene rings is 2. The lowest BCUT2D eigenvalue weighted by atomic mass is 10.1. The molecule has 3 heteroatoms. The van der Waals surface area contributed by atoms with Gasteiger partial charge in [-0.05, 0) is 43.0 Å². The molecule has 0 saturated heterocycles. The van der Waals surface area contributed by atoms with Gasteiger partial charge in [0.2, 0.25) is 9.84 Å². The molecule has 2 rings (SSSR count). The zero-order chi connectivity index (χ0) is 16.5. The average Bonchev–Trinajstić information content (AvgIpc) is 2.59. The lowest BCUT2D eigenvalue weighted by molar-refractivity contribution is 0.599. The maximum Gasteiger partial charge on any atom is 0.210 e. The highest BCUT2D eigenvalue weighted by Crippen LogP contribution is 2.22. The maximum absolute atomic E-state index is 12.8. The van der Waals surface area contributed by atoms with Gasteiger partial charge in [-0.25, -0.2) is 8.42 Å². The molecule has 0 aliphatic heterocycles. The molecule has 0 aliphatic rings. The minimum absolute atomic E-state index is 0.340. The van der Waals surface area contributed by atoms with E-state index in [1.54, 1.807) is 24.3 Å². The number of rotatable bonds is 7. The lowest BCUT2D eigenvalue weighted by Crippen LogP contribution is -2.04. The normalized spacial score (nSPS) is 10.8. The molecule has 0 atom stereocenters. The van der Waals surface area contributed by atoms with E-state index >= 15 is 0 Å². The average molecular weight is 326 g/mol. The van der Waals surface area contributed by atoms with Crippen LogP contribution >= 0.6 is 0 Å². The Morgan fingerprint density at radius 3 is 2.22 bits per heavy atom. The summed E-state index contributed by atoms with van der Waals surface area (Å²) in [5, 5.41) is 0. The Hall–Kier alpha value is -2.09. The van der Waals surface area contributed by atoms with Gasteiger partial charge in [-0.2, -0.15) is 0 Å². The zero-order valence-electron chi connectivity index (χ0n) is 13.4. The molecule has 2 aromatic carbocycles. The smallest absolute Gasteiger partial charge is 0.210 e. The highest BCUT2D eigenvalue weighted by Gasteiger charge is 2.19. The maximum atomic E-state index is 12.8. The molecule has 0 heterocycles. The Morgan fingerprint density at radius 1 is 1.00 bits per heavy atom. The van der Waals surface area contributed by atoms with Crippen molar-refractivity contribution >= 4 is 9.84 Å². The summed E-state index contributed by atoms with van der Waals surface area (Å²) in [5.41, 5.74) is 4.19. The second-order valence-electron chi connectivity index (χ2n) is 5.38. The molecule has 0 saturated carbocycles. The predicted molar refractivity (Wildman–Crippen MR) is 94.9 cm³/mol. The number of allylic oxidation sites excluding steroid dienone is 1. The van der Waals surface area contributed by atoms with E-state index in [0.29, 0.717) is 22.6 Å². The molecule has 23 heavy (non-hydrogen) atoms. The molecule has 0 fully saturated rings. The summed E-state index contributed by atoms with van der Waals surface area (Å²) in [6.45, 7) is 2.06. The molecule has 0 unspecified atom stereocenters. The van der Waals surface area contributed by atoms with Crippen LogP contribution in [-0.2, 0) is 16.3 Å². The standard InChI is InChI=1S/C20H22O2S/c1-2-3-14-19(17-10-13-18-11-6-4-7-12-18)23(21,22)20-15-8-5-9-16-20/h4-12,15-16H,2-3,13-14H2,1H3. The van der Waals surface area contributed by atoms with Crippen LogP contribution in [0.2, 0.25) is 0 Å². The van der Waals surface area contributed by atoms with Crippen LogP contribution in [0.5, 0.6) is 0 Å². The third kappa shape index (κ3) is 4.95. The van der Waals surface area contributed by atoms with E-state index < -0.39 is 9.84 Å². The number of unbranched alkanes of at least 4 members (excludes halogenated alkanes) is 1. The quantitative estimate of drug-likeness (QED) is 0.676. The summed E-state index contributed by atoms with van der Waals surface area (Å²) in [4.78, 5) is 0.716. The Bertz CT molecular complexity index is 769. The van der Waals surface area contributed by atoms with Gasteiger partial charge in [0, 0.05) is 0 Å². The SMILES string of the molecule is CCCCC(=C=CCc1ccccc1)S(=O)(=O)c1ccccc1. The van der Waals surface area contributed by atoms with Crippen LogP contribution in [0.1, 0.15) is 31.7 Å². The van der Waals surface area contributed by atoms with Gasteiger partial charge in [0.05, 0.1) is 9.80 Å². The summed E-state index contributed by atoms with van der Waals surface area (Å²) >= 11 is 0. The van der Waals surface area contributed by atoms with Crippen molar-refractivity contribution in [2.75, 3.05) is 0 Å². The molecule has 120 valence electrons. The lowest BCUT2D eigenvalue weighted by Gasteiger charge is -2.06. The number of hydrogen-bond donors (Lipinski definition) is 0. The van der Waals surface area contributed by atoms with Crippen LogP contribution in [0.3, 0.4) is 0 Å². The minimum Gasteiger partial charge on any atom is -0.218 e. The molecule has 0 aliphatic carbocycles. The van der Waals surface area contributed by atoms with E-state index in [1.807, 2.05) is 42.5 Å². The second kappa shape index (κ2) is 8.52. The molecule has 0 spiro atoms. The van der Waals surface area contributed by atoms with Crippen molar-refractivity contribution in [1.82, 2.24) is 0 Å². The fourth-order valence-corrected chi connectivity index (χ4v) is 3.71. The van der Waals surface area contributed by atoms with Crippen molar-refractivity contribution < 1.29 is 8.42 Å². The van der Waals surface area contributed by atoms with Gasteiger partial charge in [0.25, 0.3) is 0 Å². The largest absolute Gasteiger partial charge is 0.218 e. The summed E-state index contributed by atoms with van der Waals surface area (Å²) in [6.07, 6.45) is 4.82. The second-order valence-corrected chi connectivity index (χ2v) is 7.35. The van der Waals surface area contributed by atoms with Crippen molar-refractivity contribution in [2.45, 2.75) is 37.5 Å². The van der Waals surface area contributed by atoms with Gasteiger partial charge in [0.1, 0.15) is 0 Å². The Balaban J connectivity index is 2.31. The third-order valence-corrected chi connectivity index (χ3v) is 5.44. The molecular formula is C20H22O2S. The first kappa shape index (κ1) is 17.3. The summed E-state index contributed by atoms with van der Waals surface area (Å²) < 4.78 is 25.5. The van der Waals surface area contributed by atoms with Crippen LogP contribution in [0.25, 0.3) is 0 Å². The summed E-state index contributed by atoms with van der Waals surface area (Å²) in [5.74, 6) is 0. The molecule has 0 bridgehead atoms. The summed E-state index contributed by atoms with van der Waals surface area (Å²) in [7, 11) is -3.45. The fourth-order valence-electron chi connectivity index (χ4n) is 2.26. The highest BCUT2D eigenvalue weighted by atomic mass is 32.2. The van der Waals surface area contributed by atoms with Crippen LogP contribution in [0.4, 0.5) is 0 Å². The molecule has 0 N–H and O–H groups in total. The van der Waals surface area contributed by atoms with Crippen molar-refractivity contribution in [3.63, 3.8) is 0 Å². The third-order valence-electron chi connectivity index (χ3n) is 3.58. The molecule has 0 amide bonds. The van der Waals surface area contributed by atoms with E-state index in [9.17, 15) is 8.42 Å². The fraction of sp³-hybridized carbons (Fsp3) is 0.250. The molecular weight excluding hydrogens is 304 g/mol. The van der Waals surface area contributed by atoms with Crippen LogP contribution < -0.4 is 0 Å². The predicted octanol–water partition coefficient (Wildman–Crippen LogP) is 4.93. The van der Waals surface area contributed by atoms with Gasteiger partial charge in [0.15, 0.2) is 0 Å². The van der Waals surface area contributed by atoms with Gasteiger partial charge in [-0.15, -0.1) is 5.73 Å². The van der Waals surface area contributed by atoms with Crippen molar-refractivity contribution in [2.24, 2.45) is 0 Å². The van der Waals surface area contributed by atoms with Gasteiger partial charge < -0.3 is 0 Å². The first-order valence-corrected chi connectivity index (χ1v) is 9.41. The molecule has 0 aromatic heterocycles. The highest BCUT2D eigenvalue weighted by molar-refractivity contribution is 7.95. The van der Waals surface area contributed by atoms with E-state index in [-0.39, 0.29) is 0 Å². The molecule has 2 aromatic rings. The van der Waals surface area contributed by atoms with Crippen LogP contribution in [0.15, 0.2) is 82.3 Å². The Labute approximate surface area is 139 Å². The first-order chi connectivity index (χ1) is 11.1. The van der Waals surface area contributed by atoms with Crippen LogP contribution in [-0.4, -0.2) is 8.42 Å². The molecule has 2 nitrogen and oxygen atoms in total. The van der Waals surface area contributed by atoms with Gasteiger partial charge in [-0.3, -0.25) is 0 Å². The van der Waals surface area contributed by atoms with Crippen molar-refractivity contribution in [1.29, 1.82) is 0 Å². The van der Waals surface area contributed by atoms with Crippen LogP contribution in [0, 0.1) is 0 Å². The topological polar surface area (TPSA) is 34.1 Å². The first-order valence-electron chi connectivity index (χ1n) is 7.92. The van der Waals surface area contributed by atoms with Crippen molar-refractivity contribution in [3.05, 3.63) is 82.9 Å². The Kier molecular flexibility index (Phi) is 6.40. The summed E-state index contributed by atoms with van der Waals surface area (Å²) in [6, 6.07) is 18.6. The van der Waals surface area contributed by atoms with E-state index in [1.165, 1.54) is 0 Å². The van der Waals surface area contributed by atoms with Gasteiger partial charge in [-0.1, -0.05) is 61.9 Å². The van der Waals surface area contributed by atoms with Crippen molar-refractivity contribution in [3.8, 4) is 0 Å². The van der Waals surface area contributed by atoms with E-state index in [0.717, 1.165) is 18.4 Å².